The summed E-state index contributed by atoms with van der Waals surface area (Å²) in [6, 6.07) is 11.7. The zero-order valence-corrected chi connectivity index (χ0v) is 19.2. The predicted octanol–water partition coefficient (Wildman–Crippen LogP) is 3.44. The van der Waals surface area contributed by atoms with Crippen LogP contribution in [0.2, 0.25) is 0 Å². The lowest BCUT2D eigenvalue weighted by atomic mass is 9.98. The molecule has 3 heterocycles. The van der Waals surface area contributed by atoms with Crippen LogP contribution in [-0.2, 0) is 9.84 Å². The first-order valence-electron chi connectivity index (χ1n) is 11.1. The summed E-state index contributed by atoms with van der Waals surface area (Å²) >= 11 is 0. The van der Waals surface area contributed by atoms with Gasteiger partial charge in [0.1, 0.15) is 5.75 Å². The third-order valence-corrected chi connectivity index (χ3v) is 8.31. The minimum atomic E-state index is -2.97. The molecule has 2 aliphatic heterocycles. The fraction of sp³-hybridized carbons (Fsp3) is 0.542. The van der Waals surface area contributed by atoms with E-state index in [0.29, 0.717) is 25.5 Å². The fourth-order valence-electron chi connectivity index (χ4n) is 5.05. The number of nitrogens with zero attached hydrogens (tertiary/aromatic N) is 2. The number of aryl methyl sites for hydroxylation is 1. The van der Waals surface area contributed by atoms with Gasteiger partial charge < -0.3 is 9.30 Å². The van der Waals surface area contributed by atoms with E-state index in [0.717, 1.165) is 48.6 Å². The number of aromatic nitrogens is 1. The highest BCUT2D eigenvalue weighted by molar-refractivity contribution is 7.91. The Morgan fingerprint density at radius 2 is 1.94 bits per heavy atom. The van der Waals surface area contributed by atoms with Crippen LogP contribution in [0.1, 0.15) is 47.1 Å². The number of likely N-dealkylation sites (tertiary alicyclic amines) is 1. The van der Waals surface area contributed by atoms with Gasteiger partial charge in [-0.1, -0.05) is 18.2 Å². The van der Waals surface area contributed by atoms with E-state index in [1.165, 1.54) is 0 Å². The third kappa shape index (κ3) is 5.21. The van der Waals surface area contributed by atoms with Gasteiger partial charge in [0.25, 0.3) is 0 Å². The number of hydrogen-bond donors (Lipinski definition) is 0. The van der Waals surface area contributed by atoms with Crippen molar-refractivity contribution < 1.29 is 17.9 Å². The summed E-state index contributed by atoms with van der Waals surface area (Å²) in [6.45, 7) is 6.75. The number of benzene rings is 1. The Balaban J connectivity index is 1.37. The maximum Gasteiger partial charge on any atom is 0.178 e. The largest absolute Gasteiger partial charge is 0.493 e. The summed E-state index contributed by atoms with van der Waals surface area (Å²) in [6.07, 6.45) is 2.80. The lowest BCUT2D eigenvalue weighted by molar-refractivity contribution is 0.0848. The molecule has 168 valence electrons. The number of hydrogen-bond acceptors (Lipinski definition) is 5. The summed E-state index contributed by atoms with van der Waals surface area (Å²) in [4.78, 5) is 15.4. The van der Waals surface area contributed by atoms with Crippen LogP contribution in [-0.4, -0.2) is 61.4 Å². The van der Waals surface area contributed by atoms with Crippen molar-refractivity contribution in [3.05, 3.63) is 53.3 Å². The van der Waals surface area contributed by atoms with Crippen LogP contribution in [0, 0.1) is 19.8 Å². The second-order valence-corrected chi connectivity index (χ2v) is 11.2. The van der Waals surface area contributed by atoms with Gasteiger partial charge in [-0.2, -0.15) is 0 Å². The fourth-order valence-corrected chi connectivity index (χ4v) is 6.75. The van der Waals surface area contributed by atoms with Gasteiger partial charge in [-0.25, -0.2) is 8.42 Å². The molecule has 2 aromatic rings. The van der Waals surface area contributed by atoms with Crippen LogP contribution in [0.15, 0.2) is 36.4 Å². The maximum atomic E-state index is 13.1. The van der Waals surface area contributed by atoms with Crippen LogP contribution in [0.3, 0.4) is 0 Å². The van der Waals surface area contributed by atoms with Crippen molar-refractivity contribution >= 4 is 15.6 Å². The van der Waals surface area contributed by atoms with E-state index in [9.17, 15) is 13.2 Å². The number of ether oxygens (including phenoxy) is 1. The van der Waals surface area contributed by atoms with Crippen molar-refractivity contribution in [2.75, 3.05) is 37.7 Å². The number of carbonyl (C=O) groups is 1. The maximum absolute atomic E-state index is 13.1. The molecule has 7 heteroatoms. The van der Waals surface area contributed by atoms with E-state index in [4.69, 9.17) is 4.74 Å². The number of rotatable bonds is 7. The Bertz CT molecular complexity index is 1030. The Kier molecular flexibility index (Phi) is 6.53. The minimum absolute atomic E-state index is 0.0546. The van der Waals surface area contributed by atoms with Crippen molar-refractivity contribution in [3.63, 3.8) is 0 Å². The topological polar surface area (TPSA) is 68.6 Å². The Morgan fingerprint density at radius 3 is 2.65 bits per heavy atom. The van der Waals surface area contributed by atoms with Gasteiger partial charge in [-0.15, -0.1) is 0 Å². The summed E-state index contributed by atoms with van der Waals surface area (Å²) in [5.41, 5.74) is 2.59. The molecular weight excluding hydrogens is 412 g/mol. The van der Waals surface area contributed by atoms with E-state index in [-0.39, 0.29) is 23.3 Å². The predicted molar refractivity (Wildman–Crippen MR) is 122 cm³/mol. The molecule has 0 aliphatic carbocycles. The molecule has 31 heavy (non-hydrogen) atoms. The van der Waals surface area contributed by atoms with Crippen molar-refractivity contribution in [2.24, 2.45) is 5.92 Å². The molecular formula is C24H32N2O4S. The smallest absolute Gasteiger partial charge is 0.178 e. The summed E-state index contributed by atoms with van der Waals surface area (Å²) in [5, 5.41) is 0. The van der Waals surface area contributed by atoms with Crippen molar-refractivity contribution in [1.82, 2.24) is 9.47 Å². The molecule has 2 aliphatic rings. The molecule has 1 aromatic carbocycles. The zero-order chi connectivity index (χ0) is 22.0. The molecule has 1 aromatic heterocycles. The number of piperidine rings is 1. The first-order valence-corrected chi connectivity index (χ1v) is 13.0. The zero-order valence-electron chi connectivity index (χ0n) is 18.4. The lowest BCUT2D eigenvalue weighted by Crippen LogP contribution is -2.40. The number of carbonyl (C=O) groups excluding carboxylic acids is 1. The molecule has 4 rings (SSSR count). The van der Waals surface area contributed by atoms with Crippen LogP contribution in [0.5, 0.6) is 5.75 Å². The molecule has 0 saturated carbocycles. The number of para-hydroxylation sites is 1. The van der Waals surface area contributed by atoms with Crippen molar-refractivity contribution in [3.8, 4) is 5.75 Å². The molecule has 0 radical (unpaired) electrons. The summed E-state index contributed by atoms with van der Waals surface area (Å²) in [5.74, 6) is 1.82. The molecule has 0 bridgehead atoms. The number of Topliss-reactive ketones (excluding diaryl/α,β-unsaturated/α-hetero) is 1. The van der Waals surface area contributed by atoms with Crippen LogP contribution in [0.25, 0.3) is 0 Å². The van der Waals surface area contributed by atoms with Crippen molar-refractivity contribution in [1.29, 1.82) is 0 Å². The third-order valence-electron chi connectivity index (χ3n) is 6.56. The number of sulfone groups is 1. The second-order valence-electron chi connectivity index (χ2n) is 9.00. The van der Waals surface area contributed by atoms with Gasteiger partial charge in [0.15, 0.2) is 15.6 Å². The molecule has 0 amide bonds. The Labute approximate surface area is 185 Å². The molecule has 6 nitrogen and oxygen atoms in total. The highest BCUT2D eigenvalue weighted by Crippen LogP contribution is 2.29. The Morgan fingerprint density at radius 1 is 1.16 bits per heavy atom. The van der Waals surface area contributed by atoms with Gasteiger partial charge in [0.2, 0.25) is 0 Å². The average molecular weight is 445 g/mol. The van der Waals surface area contributed by atoms with E-state index < -0.39 is 9.84 Å². The molecule has 2 unspecified atom stereocenters. The quantitative estimate of drug-likeness (QED) is 0.612. The monoisotopic (exact) mass is 444 g/mol. The summed E-state index contributed by atoms with van der Waals surface area (Å²) in [7, 11) is -2.97. The van der Waals surface area contributed by atoms with Crippen LogP contribution >= 0.6 is 0 Å². The normalized spacial score (nSPS) is 23.7. The molecule has 2 fully saturated rings. The van der Waals surface area contributed by atoms with Gasteiger partial charge in [-0.3, -0.25) is 9.69 Å². The van der Waals surface area contributed by atoms with E-state index >= 15 is 0 Å². The standard InChI is InChI=1S/C24H32N2O4S/c1-18-13-23(19(2)26(18)21-10-12-31(28,29)17-21)24(27)15-25-11-6-7-20(14-25)16-30-22-8-4-3-5-9-22/h3-5,8-9,13,20-21H,6-7,10-12,14-17H2,1-2H3. The average Bonchev–Trinajstić information content (AvgIpc) is 3.25. The minimum Gasteiger partial charge on any atom is -0.493 e. The van der Waals surface area contributed by atoms with E-state index in [1.54, 1.807) is 0 Å². The first-order chi connectivity index (χ1) is 14.8. The number of ketones is 1. The molecule has 0 N–H and O–H groups in total. The van der Waals surface area contributed by atoms with Gasteiger partial charge in [0, 0.05) is 35.5 Å². The molecule has 0 spiro atoms. The highest BCUT2D eigenvalue weighted by Gasteiger charge is 2.32. The van der Waals surface area contributed by atoms with Crippen LogP contribution in [0.4, 0.5) is 0 Å². The SMILES string of the molecule is Cc1cc(C(=O)CN2CCCC(COc3ccccc3)C2)c(C)n1C1CCS(=O)(=O)C1. The summed E-state index contributed by atoms with van der Waals surface area (Å²) < 4.78 is 31.8. The van der Waals surface area contributed by atoms with Crippen molar-refractivity contribution in [2.45, 2.75) is 39.2 Å². The second kappa shape index (κ2) is 9.17. The highest BCUT2D eigenvalue weighted by atomic mass is 32.2. The first kappa shape index (κ1) is 22.1. The lowest BCUT2D eigenvalue weighted by Gasteiger charge is -2.32. The van der Waals surface area contributed by atoms with Crippen LogP contribution < -0.4 is 4.74 Å². The van der Waals surface area contributed by atoms with E-state index in [1.807, 2.05) is 50.2 Å². The molecule has 2 saturated heterocycles. The van der Waals surface area contributed by atoms with E-state index in [2.05, 4.69) is 9.47 Å². The van der Waals surface area contributed by atoms with Gasteiger partial charge >= 0.3 is 0 Å². The van der Waals surface area contributed by atoms with Gasteiger partial charge in [0.05, 0.1) is 24.7 Å². The Hall–Kier alpha value is -2.12. The van der Waals surface area contributed by atoms with Gasteiger partial charge in [-0.05, 0) is 57.9 Å². The molecule has 2 atom stereocenters.